The summed E-state index contributed by atoms with van der Waals surface area (Å²) in [6.07, 6.45) is 1.72. The van der Waals surface area contributed by atoms with E-state index in [1.54, 1.807) is 0 Å². The number of aliphatic hydroxyl groups is 1. The molecule has 0 aromatic heterocycles. The van der Waals surface area contributed by atoms with Crippen molar-refractivity contribution in [2.45, 2.75) is 45.6 Å². The van der Waals surface area contributed by atoms with E-state index >= 15 is 0 Å². The van der Waals surface area contributed by atoms with Crippen LogP contribution in [0.5, 0.6) is 0 Å². The fourth-order valence-electron chi connectivity index (χ4n) is 2.70. The van der Waals surface area contributed by atoms with Crippen molar-refractivity contribution in [3.05, 3.63) is 32.8 Å². The summed E-state index contributed by atoms with van der Waals surface area (Å²) in [5.41, 5.74) is 5.04. The summed E-state index contributed by atoms with van der Waals surface area (Å²) >= 11 is 3.56. The highest BCUT2D eigenvalue weighted by Crippen LogP contribution is 2.42. The fraction of sp³-hybridized carbons (Fsp3) is 0.538. The summed E-state index contributed by atoms with van der Waals surface area (Å²) in [7, 11) is 0. The molecule has 0 heterocycles. The van der Waals surface area contributed by atoms with E-state index in [2.05, 4.69) is 42.8 Å². The lowest BCUT2D eigenvalue weighted by Crippen LogP contribution is -2.15. The van der Waals surface area contributed by atoms with Crippen LogP contribution < -0.4 is 0 Å². The minimum absolute atomic E-state index is 0.271. The third-order valence-electron chi connectivity index (χ3n) is 3.52. The van der Waals surface area contributed by atoms with E-state index in [9.17, 15) is 5.11 Å². The molecule has 1 aliphatic rings. The Labute approximate surface area is 99.6 Å². The Morgan fingerprint density at radius 3 is 2.60 bits per heavy atom. The van der Waals surface area contributed by atoms with Gasteiger partial charge in [-0.15, -0.1) is 0 Å². The van der Waals surface area contributed by atoms with E-state index in [0.717, 1.165) is 17.3 Å². The van der Waals surface area contributed by atoms with Crippen LogP contribution in [0.15, 0.2) is 10.5 Å². The molecule has 2 rings (SSSR count). The van der Waals surface area contributed by atoms with Gasteiger partial charge in [0, 0.05) is 4.47 Å². The minimum atomic E-state index is -0.271. The lowest BCUT2D eigenvalue weighted by atomic mass is 9.78. The lowest BCUT2D eigenvalue weighted by Gasteiger charge is -2.30. The summed E-state index contributed by atoms with van der Waals surface area (Å²) in [5.74, 6) is 0.579. The molecule has 2 heteroatoms. The number of hydrogen-bond donors (Lipinski definition) is 1. The predicted molar refractivity (Wildman–Crippen MR) is 66.2 cm³/mol. The highest BCUT2D eigenvalue weighted by Gasteiger charge is 2.27. The quantitative estimate of drug-likeness (QED) is 0.754. The molecule has 0 radical (unpaired) electrons. The third-order valence-corrected chi connectivity index (χ3v) is 4.34. The summed E-state index contributed by atoms with van der Waals surface area (Å²) in [6, 6.07) is 2.17. The van der Waals surface area contributed by atoms with Gasteiger partial charge in [-0.1, -0.05) is 22.9 Å². The molecule has 2 atom stereocenters. The van der Waals surface area contributed by atoms with E-state index in [1.165, 1.54) is 22.3 Å². The van der Waals surface area contributed by atoms with Gasteiger partial charge in [0.05, 0.1) is 6.10 Å². The molecule has 1 N–H and O–H groups in total. The predicted octanol–water partition coefficient (Wildman–Crippen LogP) is 4.00. The third kappa shape index (κ3) is 1.74. The Morgan fingerprint density at radius 1 is 1.27 bits per heavy atom. The second-order valence-corrected chi connectivity index (χ2v) is 5.48. The fourth-order valence-corrected chi connectivity index (χ4v) is 3.26. The Kier molecular flexibility index (Phi) is 2.91. The van der Waals surface area contributed by atoms with Crippen molar-refractivity contribution in [2.75, 3.05) is 0 Å². The number of fused-ring (bicyclic) bond motifs is 1. The van der Waals surface area contributed by atoms with Crippen molar-refractivity contribution < 1.29 is 5.11 Å². The van der Waals surface area contributed by atoms with E-state index in [1.807, 2.05) is 0 Å². The zero-order valence-corrected chi connectivity index (χ0v) is 11.1. The van der Waals surface area contributed by atoms with E-state index in [4.69, 9.17) is 0 Å². The number of aryl methyl sites for hydroxylation is 1. The molecule has 0 saturated carbocycles. The average Bonchev–Trinajstić information content (AvgIpc) is 2.18. The maximum Gasteiger partial charge on any atom is 0.0796 e. The van der Waals surface area contributed by atoms with E-state index in [-0.39, 0.29) is 6.10 Å². The number of rotatable bonds is 0. The molecule has 1 aromatic carbocycles. The molecule has 2 unspecified atom stereocenters. The maximum absolute atomic E-state index is 10.1. The molecular formula is C13H17BrO. The van der Waals surface area contributed by atoms with Gasteiger partial charge in [-0.05, 0) is 60.9 Å². The Bertz CT molecular complexity index is 398. The van der Waals surface area contributed by atoms with Gasteiger partial charge in [-0.25, -0.2) is 0 Å². The SMILES string of the molecule is Cc1cc(Br)c(C)c2c1C(C)CCC2O. The van der Waals surface area contributed by atoms with Gasteiger partial charge in [0.15, 0.2) is 0 Å². The van der Waals surface area contributed by atoms with Crippen LogP contribution in [0.1, 0.15) is 54.0 Å². The first-order valence-corrected chi connectivity index (χ1v) is 6.29. The van der Waals surface area contributed by atoms with Gasteiger partial charge in [0.2, 0.25) is 0 Å². The van der Waals surface area contributed by atoms with Crippen molar-refractivity contribution in [2.24, 2.45) is 0 Å². The first kappa shape index (κ1) is 11.2. The van der Waals surface area contributed by atoms with Crippen LogP contribution in [0.2, 0.25) is 0 Å². The maximum atomic E-state index is 10.1. The van der Waals surface area contributed by atoms with Gasteiger partial charge < -0.3 is 5.11 Å². The molecule has 0 bridgehead atoms. The highest BCUT2D eigenvalue weighted by atomic mass is 79.9. The molecular weight excluding hydrogens is 252 g/mol. The first-order valence-electron chi connectivity index (χ1n) is 5.50. The minimum Gasteiger partial charge on any atom is -0.388 e. The molecule has 0 fully saturated rings. The zero-order valence-electron chi connectivity index (χ0n) is 9.47. The van der Waals surface area contributed by atoms with Crippen LogP contribution in [-0.4, -0.2) is 5.11 Å². The second-order valence-electron chi connectivity index (χ2n) is 4.62. The van der Waals surface area contributed by atoms with Crippen LogP contribution >= 0.6 is 15.9 Å². The number of benzene rings is 1. The summed E-state index contributed by atoms with van der Waals surface area (Å²) in [4.78, 5) is 0. The van der Waals surface area contributed by atoms with Crippen molar-refractivity contribution >= 4 is 15.9 Å². The van der Waals surface area contributed by atoms with Crippen molar-refractivity contribution in [3.63, 3.8) is 0 Å². The smallest absolute Gasteiger partial charge is 0.0796 e. The second kappa shape index (κ2) is 3.91. The standard InChI is InChI=1S/C13H17BrO/c1-7-4-5-11(15)13-9(3)10(14)6-8(2)12(7)13/h6-7,11,15H,4-5H2,1-3H3. The molecule has 1 aliphatic carbocycles. The molecule has 0 saturated heterocycles. The van der Waals surface area contributed by atoms with Crippen LogP contribution in [0.4, 0.5) is 0 Å². The first-order chi connectivity index (χ1) is 7.02. The van der Waals surface area contributed by atoms with Gasteiger partial charge in [0.25, 0.3) is 0 Å². The van der Waals surface area contributed by atoms with Crippen molar-refractivity contribution in [3.8, 4) is 0 Å². The Balaban J connectivity index is 2.71. The molecule has 0 spiro atoms. The van der Waals surface area contributed by atoms with Gasteiger partial charge in [0.1, 0.15) is 0 Å². The van der Waals surface area contributed by atoms with E-state index < -0.39 is 0 Å². The molecule has 0 amide bonds. The number of hydrogen-bond acceptors (Lipinski definition) is 1. The zero-order chi connectivity index (χ0) is 11.2. The molecule has 82 valence electrons. The van der Waals surface area contributed by atoms with Crippen molar-refractivity contribution in [1.82, 2.24) is 0 Å². The largest absolute Gasteiger partial charge is 0.388 e. The van der Waals surface area contributed by atoms with Crippen LogP contribution in [0, 0.1) is 13.8 Å². The topological polar surface area (TPSA) is 20.2 Å². The summed E-state index contributed by atoms with van der Waals surface area (Å²) < 4.78 is 1.12. The number of halogens is 1. The molecule has 1 nitrogen and oxygen atoms in total. The van der Waals surface area contributed by atoms with Crippen LogP contribution in [-0.2, 0) is 0 Å². The summed E-state index contributed by atoms with van der Waals surface area (Å²) in [6.45, 7) is 6.48. The van der Waals surface area contributed by atoms with Crippen LogP contribution in [0.3, 0.4) is 0 Å². The van der Waals surface area contributed by atoms with Gasteiger partial charge >= 0.3 is 0 Å². The van der Waals surface area contributed by atoms with E-state index in [0.29, 0.717) is 5.92 Å². The average molecular weight is 269 g/mol. The highest BCUT2D eigenvalue weighted by molar-refractivity contribution is 9.10. The van der Waals surface area contributed by atoms with Gasteiger partial charge in [-0.2, -0.15) is 0 Å². The molecule has 0 aliphatic heterocycles. The summed E-state index contributed by atoms with van der Waals surface area (Å²) in [5, 5.41) is 10.1. The lowest BCUT2D eigenvalue weighted by molar-refractivity contribution is 0.150. The number of aliphatic hydroxyl groups excluding tert-OH is 1. The van der Waals surface area contributed by atoms with Crippen LogP contribution in [0.25, 0.3) is 0 Å². The Morgan fingerprint density at radius 2 is 1.93 bits per heavy atom. The van der Waals surface area contributed by atoms with Gasteiger partial charge in [-0.3, -0.25) is 0 Å². The molecule has 1 aromatic rings. The normalized spacial score (nSPS) is 25.1. The molecule has 15 heavy (non-hydrogen) atoms. The van der Waals surface area contributed by atoms with Crippen molar-refractivity contribution in [1.29, 1.82) is 0 Å². The Hall–Kier alpha value is -0.340. The monoisotopic (exact) mass is 268 g/mol.